The lowest BCUT2D eigenvalue weighted by molar-refractivity contribution is -0.138. The van der Waals surface area contributed by atoms with E-state index in [4.69, 9.17) is 4.43 Å². The van der Waals surface area contributed by atoms with Gasteiger partial charge in [-0.3, -0.25) is 19.7 Å². The second kappa shape index (κ2) is 6.30. The Bertz CT molecular complexity index is 680. The van der Waals surface area contributed by atoms with Crippen LogP contribution < -0.4 is 10.6 Å². The quantitative estimate of drug-likeness (QED) is 0.340. The minimum absolute atomic E-state index is 0.0104. The highest BCUT2D eigenvalue weighted by molar-refractivity contribution is 6.74. The molecule has 5 atom stereocenters. The molecule has 6 nitrogen and oxygen atoms in total. The molecule has 0 bridgehead atoms. The van der Waals surface area contributed by atoms with Crippen LogP contribution in [0.15, 0.2) is 11.6 Å². The van der Waals surface area contributed by atoms with Crippen molar-refractivity contribution in [2.24, 2.45) is 17.8 Å². The van der Waals surface area contributed by atoms with Crippen LogP contribution in [0, 0.1) is 17.8 Å². The molecule has 7 heteroatoms. The highest BCUT2D eigenvalue weighted by Gasteiger charge is 2.51. The smallest absolute Gasteiger partial charge is 0.230 e. The third kappa shape index (κ3) is 3.15. The summed E-state index contributed by atoms with van der Waals surface area (Å²) in [5.41, 5.74) is 1.06. The molecular formula is C19H30N2O4Si. The first-order valence-corrected chi connectivity index (χ1v) is 12.3. The summed E-state index contributed by atoms with van der Waals surface area (Å²) in [6, 6.07) is -0.0910. The molecule has 2 fully saturated rings. The second-order valence-corrected chi connectivity index (χ2v) is 14.1. The number of rotatable bonds is 4. The maximum absolute atomic E-state index is 12.3. The minimum atomic E-state index is -1.97. The predicted octanol–water partition coefficient (Wildman–Crippen LogP) is 2.12. The molecule has 2 aliphatic heterocycles. The van der Waals surface area contributed by atoms with Gasteiger partial charge in [0.15, 0.2) is 8.32 Å². The molecule has 0 spiro atoms. The minimum Gasteiger partial charge on any atom is -0.413 e. The predicted molar refractivity (Wildman–Crippen MR) is 101 cm³/mol. The lowest BCUT2D eigenvalue weighted by Gasteiger charge is -2.46. The zero-order valence-corrected chi connectivity index (χ0v) is 17.5. The van der Waals surface area contributed by atoms with Crippen molar-refractivity contribution in [3.05, 3.63) is 11.6 Å². The van der Waals surface area contributed by atoms with E-state index >= 15 is 0 Å². The number of hydrogen-bond donors (Lipinski definition) is 2. The van der Waals surface area contributed by atoms with Crippen molar-refractivity contribution in [1.82, 2.24) is 10.6 Å². The molecule has 2 N–H and O–H groups in total. The van der Waals surface area contributed by atoms with E-state index in [1.54, 1.807) is 0 Å². The molecule has 3 rings (SSSR count). The fourth-order valence-electron chi connectivity index (χ4n) is 3.96. The van der Waals surface area contributed by atoms with Crippen LogP contribution in [-0.4, -0.2) is 38.2 Å². The van der Waals surface area contributed by atoms with Gasteiger partial charge < -0.3 is 9.74 Å². The number of carbonyl (C=O) groups is 3. The van der Waals surface area contributed by atoms with Gasteiger partial charge in [-0.2, -0.15) is 0 Å². The number of β-lactam (4-membered cyclic amide) rings is 1. The zero-order valence-electron chi connectivity index (χ0n) is 16.5. The van der Waals surface area contributed by atoms with Gasteiger partial charge in [-0.15, -0.1) is 0 Å². The molecule has 1 aliphatic carbocycles. The number of allylic oxidation sites excluding steroid dienone is 1. The van der Waals surface area contributed by atoms with Gasteiger partial charge in [-0.05, 0) is 37.9 Å². The van der Waals surface area contributed by atoms with Crippen molar-refractivity contribution in [2.75, 3.05) is 0 Å². The van der Waals surface area contributed by atoms with Crippen LogP contribution in [-0.2, 0) is 18.8 Å². The molecule has 0 aromatic carbocycles. The Labute approximate surface area is 156 Å². The lowest BCUT2D eigenvalue weighted by Crippen LogP contribution is -2.64. The molecule has 0 aromatic rings. The van der Waals surface area contributed by atoms with E-state index in [0.717, 1.165) is 5.57 Å². The first-order valence-electron chi connectivity index (χ1n) is 9.44. The van der Waals surface area contributed by atoms with E-state index in [2.05, 4.69) is 44.5 Å². The average molecular weight is 379 g/mol. The van der Waals surface area contributed by atoms with Crippen molar-refractivity contribution >= 4 is 26.0 Å². The molecule has 2 heterocycles. The van der Waals surface area contributed by atoms with Crippen molar-refractivity contribution < 1.29 is 18.8 Å². The maximum atomic E-state index is 12.3. The number of carbonyl (C=O) groups excluding carboxylic acids is 3. The van der Waals surface area contributed by atoms with Gasteiger partial charge in [0.1, 0.15) is 0 Å². The summed E-state index contributed by atoms with van der Waals surface area (Å²) in [6.07, 6.45) is 2.97. The maximum Gasteiger partial charge on any atom is 0.230 e. The number of fused-ring (bicyclic) bond motifs is 1. The van der Waals surface area contributed by atoms with Gasteiger partial charge >= 0.3 is 0 Å². The molecule has 144 valence electrons. The topological polar surface area (TPSA) is 84.5 Å². The normalized spacial score (nSPS) is 33.0. The fraction of sp³-hybridized carbons (Fsp3) is 0.737. The van der Waals surface area contributed by atoms with E-state index in [1.165, 1.54) is 0 Å². The monoisotopic (exact) mass is 378 g/mol. The number of nitrogens with one attached hydrogen (secondary N) is 2. The molecule has 3 aliphatic rings. The molecule has 26 heavy (non-hydrogen) atoms. The van der Waals surface area contributed by atoms with Crippen molar-refractivity contribution in [1.29, 1.82) is 0 Å². The Balaban J connectivity index is 1.72. The van der Waals surface area contributed by atoms with Gasteiger partial charge in [0.2, 0.25) is 17.7 Å². The lowest BCUT2D eigenvalue weighted by atomic mass is 9.73. The third-order valence-electron chi connectivity index (χ3n) is 6.65. The summed E-state index contributed by atoms with van der Waals surface area (Å²) in [6.45, 7) is 12.9. The van der Waals surface area contributed by atoms with E-state index in [1.807, 2.05) is 13.0 Å². The Morgan fingerprint density at radius 1 is 1.12 bits per heavy atom. The van der Waals surface area contributed by atoms with Crippen LogP contribution in [0.2, 0.25) is 18.1 Å². The summed E-state index contributed by atoms with van der Waals surface area (Å²) in [5, 5.41) is 5.49. The largest absolute Gasteiger partial charge is 0.413 e. The molecule has 3 amide bonds. The first-order chi connectivity index (χ1) is 11.9. The van der Waals surface area contributed by atoms with Crippen LogP contribution in [0.4, 0.5) is 0 Å². The fourth-order valence-corrected chi connectivity index (χ4v) is 5.39. The summed E-state index contributed by atoms with van der Waals surface area (Å²) in [4.78, 5) is 36.1. The Morgan fingerprint density at radius 3 is 2.31 bits per heavy atom. The van der Waals surface area contributed by atoms with E-state index in [-0.39, 0.29) is 52.7 Å². The standard InChI is InChI=1S/C19H30N2O4Si/c1-10(25-26(5,6)19(2,3)4)14-15(20-18(14)24)11-7-8-12-13(9-11)17(23)21-16(12)22/h7,10,12-15H,8-9H2,1-6H3,(H,20,24)(H,21,22,23)/t10-,12?,13?,14+,15+/m0/s1. The van der Waals surface area contributed by atoms with Gasteiger partial charge in [0.25, 0.3) is 0 Å². The van der Waals surface area contributed by atoms with E-state index in [0.29, 0.717) is 12.8 Å². The highest BCUT2D eigenvalue weighted by atomic mass is 28.4. The summed E-state index contributed by atoms with van der Waals surface area (Å²) >= 11 is 0. The van der Waals surface area contributed by atoms with E-state index < -0.39 is 8.32 Å². The molecule has 2 unspecified atom stereocenters. The summed E-state index contributed by atoms with van der Waals surface area (Å²) in [5.74, 6) is -1.11. The van der Waals surface area contributed by atoms with Crippen molar-refractivity contribution in [3.8, 4) is 0 Å². The van der Waals surface area contributed by atoms with E-state index in [9.17, 15) is 14.4 Å². The Hall–Kier alpha value is -1.47. The van der Waals surface area contributed by atoms with Crippen LogP contribution in [0.25, 0.3) is 0 Å². The van der Waals surface area contributed by atoms with Crippen LogP contribution in [0.5, 0.6) is 0 Å². The molecule has 2 saturated heterocycles. The van der Waals surface area contributed by atoms with Gasteiger partial charge in [0, 0.05) is 0 Å². The van der Waals surface area contributed by atoms with Crippen molar-refractivity contribution in [3.63, 3.8) is 0 Å². The Kier molecular flexibility index (Phi) is 4.68. The third-order valence-corrected chi connectivity index (χ3v) is 11.2. The SMILES string of the molecule is C[C@H](O[Si](C)(C)C(C)(C)C)[C@H]1C(=O)N[C@@H]1C1=CCC2C(=O)NC(=O)C2C1. The van der Waals surface area contributed by atoms with Crippen LogP contribution in [0.3, 0.4) is 0 Å². The molecule has 0 saturated carbocycles. The summed E-state index contributed by atoms with van der Waals surface area (Å²) < 4.78 is 6.44. The Morgan fingerprint density at radius 2 is 1.73 bits per heavy atom. The van der Waals surface area contributed by atoms with Crippen molar-refractivity contribution in [2.45, 2.75) is 70.8 Å². The van der Waals surface area contributed by atoms with Crippen LogP contribution in [0.1, 0.15) is 40.5 Å². The molecule has 0 aromatic heterocycles. The second-order valence-electron chi connectivity index (χ2n) is 9.38. The number of imide groups is 1. The molecular weight excluding hydrogens is 348 g/mol. The average Bonchev–Trinajstić information content (AvgIpc) is 2.77. The first kappa shape index (κ1) is 19.3. The van der Waals surface area contributed by atoms with Gasteiger partial charge in [0.05, 0.1) is 29.9 Å². The molecule has 0 radical (unpaired) electrons. The summed E-state index contributed by atoms with van der Waals surface area (Å²) in [7, 11) is -1.97. The number of hydrogen-bond acceptors (Lipinski definition) is 4. The highest BCUT2D eigenvalue weighted by Crippen LogP contribution is 2.42. The van der Waals surface area contributed by atoms with Gasteiger partial charge in [-0.25, -0.2) is 0 Å². The zero-order chi connectivity index (χ0) is 19.4. The van der Waals surface area contributed by atoms with Gasteiger partial charge in [-0.1, -0.05) is 32.4 Å². The number of amides is 3. The van der Waals surface area contributed by atoms with Crippen LogP contribution >= 0.6 is 0 Å².